The normalized spacial score (nSPS) is 20.1. The van der Waals surface area contributed by atoms with Gasteiger partial charge in [-0.1, -0.05) is 0 Å². The minimum absolute atomic E-state index is 0.226. The fourth-order valence-electron chi connectivity index (χ4n) is 1.75. The molecule has 0 aromatic heterocycles. The molecule has 0 aromatic rings. The van der Waals surface area contributed by atoms with E-state index < -0.39 is 21.7 Å². The number of ether oxygens (including phenoxy) is 1. The molecule has 8 heteroatoms. The summed E-state index contributed by atoms with van der Waals surface area (Å²) in [7, 11) is -2.44. The van der Waals surface area contributed by atoms with Gasteiger partial charge in [0.25, 0.3) is 0 Å². The molecule has 102 valence electrons. The Labute approximate surface area is 107 Å². The highest BCUT2D eigenvalue weighted by Crippen LogP contribution is 2.10. The molecular weight excluding hydrogens is 258 g/mol. The van der Waals surface area contributed by atoms with Crippen LogP contribution >= 0.6 is 0 Å². The summed E-state index contributed by atoms with van der Waals surface area (Å²) in [5.41, 5.74) is 0. The molecule has 1 saturated heterocycles. The topological polar surface area (TPSA) is 90.7 Å². The van der Waals surface area contributed by atoms with Crippen LogP contribution in [0.15, 0.2) is 0 Å². The molecule has 18 heavy (non-hydrogen) atoms. The van der Waals surface area contributed by atoms with Gasteiger partial charge in [-0.2, -0.15) is 9.57 Å². The van der Waals surface area contributed by atoms with Crippen molar-refractivity contribution in [3.8, 4) is 6.07 Å². The van der Waals surface area contributed by atoms with Crippen molar-refractivity contribution >= 4 is 16.0 Å². The molecular formula is C10H17N3O4S. The Balaban J connectivity index is 2.58. The standard InChI is InChI=1S/C10H17N3O4S/c1-9(7-11)12-3-5-13(6-4-12)18(15,16)8-10(14)17-2/h9H,3-6,8H2,1-2H3. The monoisotopic (exact) mass is 275 g/mol. The molecule has 0 saturated carbocycles. The summed E-state index contributed by atoms with van der Waals surface area (Å²) in [6.07, 6.45) is 0. The van der Waals surface area contributed by atoms with Crippen molar-refractivity contribution in [3.05, 3.63) is 0 Å². The summed E-state index contributed by atoms with van der Waals surface area (Å²) >= 11 is 0. The third-order valence-electron chi connectivity index (χ3n) is 2.93. The lowest BCUT2D eigenvalue weighted by Crippen LogP contribution is -2.51. The lowest BCUT2D eigenvalue weighted by molar-refractivity contribution is -0.137. The smallest absolute Gasteiger partial charge is 0.322 e. The predicted molar refractivity (Wildman–Crippen MR) is 64.0 cm³/mol. The van der Waals surface area contributed by atoms with E-state index in [2.05, 4.69) is 10.8 Å². The van der Waals surface area contributed by atoms with Crippen LogP contribution in [-0.2, 0) is 19.6 Å². The summed E-state index contributed by atoms with van der Waals surface area (Å²) in [5, 5.41) is 8.78. The number of nitrogens with zero attached hydrogens (tertiary/aromatic N) is 3. The number of carbonyl (C=O) groups is 1. The molecule has 1 atom stereocenters. The Bertz CT molecular complexity index is 435. The highest BCUT2D eigenvalue weighted by atomic mass is 32.2. The van der Waals surface area contributed by atoms with Gasteiger partial charge < -0.3 is 4.74 Å². The van der Waals surface area contributed by atoms with Crippen LogP contribution in [0.2, 0.25) is 0 Å². The Hall–Kier alpha value is -1.17. The molecule has 1 fully saturated rings. The number of hydrogen-bond acceptors (Lipinski definition) is 6. The van der Waals surface area contributed by atoms with E-state index in [1.165, 1.54) is 4.31 Å². The van der Waals surface area contributed by atoms with Crippen molar-refractivity contribution < 1.29 is 17.9 Å². The maximum absolute atomic E-state index is 11.8. The first-order valence-corrected chi connectivity index (χ1v) is 7.20. The van der Waals surface area contributed by atoms with Crippen molar-refractivity contribution in [1.82, 2.24) is 9.21 Å². The fraction of sp³-hybridized carbons (Fsp3) is 0.800. The summed E-state index contributed by atoms with van der Waals surface area (Å²) in [4.78, 5) is 12.9. The zero-order valence-corrected chi connectivity index (χ0v) is 11.3. The highest BCUT2D eigenvalue weighted by Gasteiger charge is 2.30. The van der Waals surface area contributed by atoms with E-state index in [1.54, 1.807) is 6.92 Å². The number of carbonyl (C=O) groups excluding carboxylic acids is 1. The Morgan fingerprint density at radius 2 is 1.94 bits per heavy atom. The second-order valence-electron chi connectivity index (χ2n) is 4.07. The number of esters is 1. The van der Waals surface area contributed by atoms with Gasteiger partial charge in [-0.05, 0) is 6.92 Å². The summed E-state index contributed by atoms with van der Waals surface area (Å²) in [5.74, 6) is -1.39. The molecule has 0 N–H and O–H groups in total. The van der Waals surface area contributed by atoms with Gasteiger partial charge in [-0.25, -0.2) is 8.42 Å². The first-order chi connectivity index (χ1) is 8.40. The molecule has 0 amide bonds. The largest absolute Gasteiger partial charge is 0.468 e. The van der Waals surface area contributed by atoms with Gasteiger partial charge in [0.2, 0.25) is 10.0 Å². The molecule has 1 unspecified atom stereocenters. The fourth-order valence-corrected chi connectivity index (χ4v) is 3.07. The predicted octanol–water partition coefficient (Wildman–Crippen LogP) is -0.981. The van der Waals surface area contributed by atoms with Crippen molar-refractivity contribution in [2.75, 3.05) is 39.0 Å². The van der Waals surface area contributed by atoms with Gasteiger partial charge in [0.15, 0.2) is 5.75 Å². The molecule has 0 aliphatic carbocycles. The Kier molecular flexibility index (Phi) is 5.07. The Morgan fingerprint density at radius 3 is 2.39 bits per heavy atom. The zero-order chi connectivity index (χ0) is 13.8. The molecule has 0 spiro atoms. The molecule has 1 heterocycles. The third-order valence-corrected chi connectivity index (χ3v) is 4.68. The Morgan fingerprint density at radius 1 is 1.39 bits per heavy atom. The molecule has 0 aromatic carbocycles. The van der Waals surface area contributed by atoms with Gasteiger partial charge in [0.05, 0.1) is 19.2 Å². The van der Waals surface area contributed by atoms with E-state index in [4.69, 9.17) is 5.26 Å². The van der Waals surface area contributed by atoms with Crippen molar-refractivity contribution in [1.29, 1.82) is 5.26 Å². The second kappa shape index (κ2) is 6.13. The average Bonchev–Trinajstić information content (AvgIpc) is 2.37. The lowest BCUT2D eigenvalue weighted by atomic mass is 10.2. The van der Waals surface area contributed by atoms with Crippen LogP contribution in [0.3, 0.4) is 0 Å². The van der Waals surface area contributed by atoms with Crippen molar-refractivity contribution in [2.45, 2.75) is 13.0 Å². The first kappa shape index (κ1) is 14.9. The van der Waals surface area contributed by atoms with E-state index in [9.17, 15) is 13.2 Å². The maximum atomic E-state index is 11.8. The van der Waals surface area contributed by atoms with Crippen molar-refractivity contribution in [2.24, 2.45) is 0 Å². The van der Waals surface area contributed by atoms with E-state index in [1.807, 2.05) is 4.90 Å². The highest BCUT2D eigenvalue weighted by molar-refractivity contribution is 7.89. The molecule has 0 radical (unpaired) electrons. The number of sulfonamides is 1. The van der Waals surface area contributed by atoms with Gasteiger partial charge in [0.1, 0.15) is 0 Å². The molecule has 7 nitrogen and oxygen atoms in total. The van der Waals surface area contributed by atoms with Crippen LogP contribution in [-0.4, -0.2) is 68.7 Å². The van der Waals surface area contributed by atoms with Crippen LogP contribution in [0.4, 0.5) is 0 Å². The summed E-state index contributed by atoms with van der Waals surface area (Å²) < 4.78 is 29.3. The number of piperazine rings is 1. The van der Waals surface area contributed by atoms with Crippen LogP contribution in [0, 0.1) is 11.3 Å². The number of methoxy groups -OCH3 is 1. The van der Waals surface area contributed by atoms with Crippen LogP contribution in [0.5, 0.6) is 0 Å². The quantitative estimate of drug-likeness (QED) is 0.612. The third kappa shape index (κ3) is 3.66. The SMILES string of the molecule is COC(=O)CS(=O)(=O)N1CCN(C(C)C#N)CC1. The molecule has 0 bridgehead atoms. The second-order valence-corrected chi connectivity index (χ2v) is 6.04. The molecule has 1 aliphatic heterocycles. The number of nitriles is 1. The van der Waals surface area contributed by atoms with E-state index in [0.29, 0.717) is 26.2 Å². The number of rotatable bonds is 4. The van der Waals surface area contributed by atoms with Crippen LogP contribution in [0.1, 0.15) is 6.92 Å². The van der Waals surface area contributed by atoms with Gasteiger partial charge in [-0.3, -0.25) is 9.69 Å². The average molecular weight is 275 g/mol. The van der Waals surface area contributed by atoms with E-state index >= 15 is 0 Å². The van der Waals surface area contributed by atoms with E-state index in [0.717, 1.165) is 7.11 Å². The van der Waals surface area contributed by atoms with Gasteiger partial charge >= 0.3 is 5.97 Å². The number of hydrogen-bond donors (Lipinski definition) is 0. The first-order valence-electron chi connectivity index (χ1n) is 5.59. The van der Waals surface area contributed by atoms with Gasteiger partial charge in [0, 0.05) is 26.2 Å². The van der Waals surface area contributed by atoms with Crippen LogP contribution < -0.4 is 0 Å². The molecule has 1 rings (SSSR count). The summed E-state index contributed by atoms with van der Waals surface area (Å²) in [6.45, 7) is 3.36. The molecule has 1 aliphatic rings. The van der Waals surface area contributed by atoms with Gasteiger partial charge in [-0.15, -0.1) is 0 Å². The van der Waals surface area contributed by atoms with Crippen molar-refractivity contribution in [3.63, 3.8) is 0 Å². The maximum Gasteiger partial charge on any atom is 0.322 e. The van der Waals surface area contributed by atoms with E-state index in [-0.39, 0.29) is 6.04 Å². The zero-order valence-electron chi connectivity index (χ0n) is 10.5. The lowest BCUT2D eigenvalue weighted by Gasteiger charge is -2.34. The minimum Gasteiger partial charge on any atom is -0.468 e. The summed E-state index contributed by atoms with van der Waals surface area (Å²) in [6, 6.07) is 1.89. The minimum atomic E-state index is -3.60. The van der Waals surface area contributed by atoms with Crippen LogP contribution in [0.25, 0.3) is 0 Å².